The molecule has 0 aliphatic carbocycles. The highest BCUT2D eigenvalue weighted by Gasteiger charge is 2.24. The minimum atomic E-state index is 0.601. The Bertz CT molecular complexity index is 4090. The highest BCUT2D eigenvalue weighted by Crippen LogP contribution is 2.44. The number of fused-ring (bicyclic) bond motifs is 6. The van der Waals surface area contributed by atoms with Crippen molar-refractivity contribution in [1.29, 1.82) is 0 Å². The second-order valence-corrected chi connectivity index (χ2v) is 20.0. The fourth-order valence-corrected chi connectivity index (χ4v) is 12.0. The van der Waals surface area contributed by atoms with Crippen molar-refractivity contribution in [2.24, 2.45) is 0 Å². The molecule has 0 saturated heterocycles. The van der Waals surface area contributed by atoms with Gasteiger partial charge in [0.15, 0.2) is 17.5 Å². The summed E-state index contributed by atoms with van der Waals surface area (Å²) < 4.78 is 4.92. The van der Waals surface area contributed by atoms with Gasteiger partial charge in [0.05, 0.1) is 33.4 Å². The Hall–Kier alpha value is -9.19. The van der Waals surface area contributed by atoms with E-state index in [1.165, 1.54) is 77.2 Å². The van der Waals surface area contributed by atoms with Crippen LogP contribution in [-0.2, 0) is 0 Å². The van der Waals surface area contributed by atoms with Gasteiger partial charge in [-0.15, -0.1) is 0 Å². The van der Waals surface area contributed by atoms with Crippen molar-refractivity contribution in [3.63, 3.8) is 0 Å². The van der Waals surface area contributed by atoms with Crippen molar-refractivity contribution in [3.05, 3.63) is 246 Å². The summed E-state index contributed by atoms with van der Waals surface area (Å²) in [7, 11) is 0. The van der Waals surface area contributed by atoms with Crippen LogP contribution in [0.3, 0.4) is 0 Å². The average Bonchev–Trinajstić information content (AvgIpc) is 3.93. The lowest BCUT2D eigenvalue weighted by molar-refractivity contribution is 1.07. The van der Waals surface area contributed by atoms with Gasteiger partial charge >= 0.3 is 0 Å². The van der Waals surface area contributed by atoms with E-state index in [0.29, 0.717) is 17.5 Å². The highest BCUT2D eigenvalue weighted by atomic mass is 15.0. The molecule has 354 valence electrons. The molecule has 74 heavy (non-hydrogen) atoms. The summed E-state index contributed by atoms with van der Waals surface area (Å²) in [4.78, 5) is 15.6. The Labute approximate surface area is 431 Å². The predicted molar refractivity (Wildman–Crippen MR) is 310 cm³/mol. The lowest BCUT2D eigenvalue weighted by Crippen LogP contribution is -2.03. The topological polar surface area (TPSA) is 48.5 Å². The second-order valence-electron chi connectivity index (χ2n) is 20.0. The molecule has 0 atom stereocenters. The Morgan fingerprint density at radius 2 is 0.649 bits per heavy atom. The Kier molecular flexibility index (Phi) is 10.8. The molecule has 10 aromatic carbocycles. The molecule has 13 rings (SSSR count). The van der Waals surface area contributed by atoms with Crippen molar-refractivity contribution in [2.45, 2.75) is 41.5 Å². The van der Waals surface area contributed by atoms with E-state index in [2.05, 4.69) is 227 Å². The summed E-state index contributed by atoms with van der Waals surface area (Å²) in [5.74, 6) is 1.85. The van der Waals surface area contributed by atoms with Crippen LogP contribution in [-0.4, -0.2) is 24.1 Å². The second kappa shape index (κ2) is 17.8. The van der Waals surface area contributed by atoms with Gasteiger partial charge in [-0.1, -0.05) is 163 Å². The average molecular weight is 952 g/mol. The fraction of sp³-hybridized carbons (Fsp3) is 0.0870. The molecule has 5 heteroatoms. The van der Waals surface area contributed by atoms with Crippen LogP contribution in [0.2, 0.25) is 0 Å². The zero-order chi connectivity index (χ0) is 50.2. The summed E-state index contributed by atoms with van der Waals surface area (Å²) in [6.45, 7) is 13.3. The van der Waals surface area contributed by atoms with Crippen molar-refractivity contribution < 1.29 is 0 Å². The quantitative estimate of drug-likeness (QED) is 0.152. The molecule has 0 fully saturated rings. The zero-order valence-corrected chi connectivity index (χ0v) is 42.4. The number of aromatic nitrogens is 5. The third-order valence-corrected chi connectivity index (χ3v) is 14.9. The van der Waals surface area contributed by atoms with Gasteiger partial charge < -0.3 is 9.13 Å². The smallest absolute Gasteiger partial charge is 0.164 e. The molecule has 0 saturated carbocycles. The number of aryl methyl sites for hydroxylation is 6. The molecule has 0 aliphatic rings. The zero-order valence-electron chi connectivity index (χ0n) is 42.4. The van der Waals surface area contributed by atoms with Crippen molar-refractivity contribution in [3.8, 4) is 78.9 Å². The largest absolute Gasteiger partial charge is 0.309 e. The first-order chi connectivity index (χ1) is 36.2. The number of nitrogens with zero attached hydrogens (tertiary/aromatic N) is 5. The van der Waals surface area contributed by atoms with Crippen LogP contribution in [0, 0.1) is 41.5 Å². The molecular weight excluding hydrogens is 899 g/mol. The van der Waals surface area contributed by atoms with Crippen LogP contribution < -0.4 is 0 Å². The maximum absolute atomic E-state index is 5.26. The van der Waals surface area contributed by atoms with E-state index < -0.39 is 0 Å². The fourth-order valence-electron chi connectivity index (χ4n) is 12.0. The van der Waals surface area contributed by atoms with E-state index in [4.69, 9.17) is 15.0 Å². The first-order valence-electron chi connectivity index (χ1n) is 25.5. The van der Waals surface area contributed by atoms with Gasteiger partial charge in [0, 0.05) is 49.4 Å². The molecule has 5 nitrogen and oxygen atoms in total. The van der Waals surface area contributed by atoms with Gasteiger partial charge in [0.25, 0.3) is 0 Å². The van der Waals surface area contributed by atoms with E-state index in [9.17, 15) is 0 Å². The van der Waals surface area contributed by atoms with Gasteiger partial charge in [0.1, 0.15) is 0 Å². The molecule has 0 bridgehead atoms. The van der Waals surface area contributed by atoms with Crippen LogP contribution in [0.25, 0.3) is 123 Å². The summed E-state index contributed by atoms with van der Waals surface area (Å²) >= 11 is 0. The molecular formula is C69H53N5. The summed E-state index contributed by atoms with van der Waals surface area (Å²) in [5, 5.41) is 4.82. The Balaban J connectivity index is 1.12. The first-order valence-corrected chi connectivity index (χ1v) is 25.5. The molecule has 0 N–H and O–H groups in total. The summed E-state index contributed by atoms with van der Waals surface area (Å²) in [5.41, 5.74) is 24.2. The van der Waals surface area contributed by atoms with Crippen molar-refractivity contribution in [1.82, 2.24) is 24.1 Å². The third kappa shape index (κ3) is 7.51. The number of rotatable bonds is 8. The lowest BCUT2D eigenvalue weighted by Gasteiger charge is -2.20. The van der Waals surface area contributed by atoms with Crippen LogP contribution in [0.4, 0.5) is 0 Å². The van der Waals surface area contributed by atoms with E-state index in [1.807, 2.05) is 36.4 Å². The molecule has 13 aromatic rings. The summed E-state index contributed by atoms with van der Waals surface area (Å²) in [6.07, 6.45) is 0. The van der Waals surface area contributed by atoms with Gasteiger partial charge in [-0.25, -0.2) is 15.0 Å². The standard InChI is InChI=1S/C69H53N5/c1-42-35-44(3)65(45(4)36-42)50-29-32-63-57(39-50)58-40-51(66-46(5)37-43(2)38-47(66)6)30-33-64(58)74(63)62-34-31-52(69-71-67(48-19-9-7-10-20-48)70-68(72-69)49-21-11-8-12-22-49)41-56(62)55-25-15-18-28-61(55)73-59-26-16-13-23-53(59)54-24-14-17-27-60(54)73/h7-41H,1-6H3. The number of benzene rings is 10. The molecule has 3 aromatic heterocycles. The third-order valence-electron chi connectivity index (χ3n) is 14.9. The van der Waals surface area contributed by atoms with Gasteiger partial charge in [0.2, 0.25) is 0 Å². The van der Waals surface area contributed by atoms with Gasteiger partial charge in [-0.2, -0.15) is 0 Å². The normalized spacial score (nSPS) is 11.6. The van der Waals surface area contributed by atoms with E-state index in [0.717, 1.165) is 61.3 Å². The molecule has 0 aliphatic heterocycles. The Morgan fingerprint density at radius 1 is 0.270 bits per heavy atom. The van der Waals surface area contributed by atoms with Crippen LogP contribution in [0.15, 0.2) is 212 Å². The minimum absolute atomic E-state index is 0.601. The maximum atomic E-state index is 5.26. The molecule has 0 spiro atoms. The SMILES string of the molecule is Cc1cc(C)c(-c2ccc3c(c2)c2cc(-c4c(C)cc(C)cc4C)ccc2n3-c2ccc(-c3nc(-c4ccccc4)nc(-c4ccccc4)n3)cc2-c2ccccc2-n2c3ccccc3c3ccccc32)c(C)c1. The van der Waals surface area contributed by atoms with E-state index in [-0.39, 0.29) is 0 Å². The van der Waals surface area contributed by atoms with Crippen LogP contribution >= 0.6 is 0 Å². The predicted octanol–water partition coefficient (Wildman–Crippen LogP) is 17.9. The molecule has 0 unspecified atom stereocenters. The number of hydrogen-bond acceptors (Lipinski definition) is 3. The van der Waals surface area contributed by atoms with Crippen LogP contribution in [0.5, 0.6) is 0 Å². The lowest BCUT2D eigenvalue weighted by atomic mass is 9.91. The Morgan fingerprint density at radius 3 is 1.14 bits per heavy atom. The van der Waals surface area contributed by atoms with E-state index in [1.54, 1.807) is 0 Å². The first kappa shape index (κ1) is 44.7. The molecule has 3 heterocycles. The highest BCUT2D eigenvalue weighted by molar-refractivity contribution is 6.13. The van der Waals surface area contributed by atoms with Crippen molar-refractivity contribution >= 4 is 43.6 Å². The van der Waals surface area contributed by atoms with Crippen molar-refractivity contribution in [2.75, 3.05) is 0 Å². The monoisotopic (exact) mass is 951 g/mol. The molecule has 0 amide bonds. The van der Waals surface area contributed by atoms with Crippen LogP contribution in [0.1, 0.15) is 33.4 Å². The number of para-hydroxylation sites is 3. The van der Waals surface area contributed by atoms with Gasteiger partial charge in [-0.3, -0.25) is 0 Å². The van der Waals surface area contributed by atoms with Gasteiger partial charge in [-0.05, 0) is 147 Å². The van der Waals surface area contributed by atoms with E-state index >= 15 is 0 Å². The minimum Gasteiger partial charge on any atom is -0.309 e. The maximum Gasteiger partial charge on any atom is 0.164 e. The molecule has 0 radical (unpaired) electrons. The summed E-state index contributed by atoms with van der Waals surface area (Å²) in [6, 6.07) is 76.9. The number of hydrogen-bond donors (Lipinski definition) is 0.